The first-order valence-corrected chi connectivity index (χ1v) is 7.76. The fourth-order valence-electron chi connectivity index (χ4n) is 3.05. The first-order chi connectivity index (χ1) is 10.1. The number of hydrogen-bond acceptors (Lipinski definition) is 2. The van der Waals surface area contributed by atoms with Crippen molar-refractivity contribution >= 4 is 11.6 Å². The molecule has 21 heavy (non-hydrogen) atoms. The van der Waals surface area contributed by atoms with E-state index in [0.717, 1.165) is 5.69 Å². The Balaban J connectivity index is 1.74. The van der Waals surface area contributed by atoms with E-state index < -0.39 is 6.04 Å². The second-order valence-electron chi connectivity index (χ2n) is 5.67. The molecule has 3 rings (SSSR count). The van der Waals surface area contributed by atoms with E-state index in [1.54, 1.807) is 12.1 Å². The number of halogens is 2. The van der Waals surface area contributed by atoms with Crippen LogP contribution in [-0.2, 0) is 6.42 Å². The van der Waals surface area contributed by atoms with Gasteiger partial charge in [0.2, 0.25) is 0 Å². The zero-order valence-corrected chi connectivity index (χ0v) is 12.6. The van der Waals surface area contributed by atoms with Gasteiger partial charge in [0.25, 0.3) is 0 Å². The molecule has 1 aliphatic carbocycles. The Morgan fingerprint density at radius 2 is 2.10 bits per heavy atom. The second kappa shape index (κ2) is 6.16. The highest BCUT2D eigenvalue weighted by atomic mass is 35.5. The third kappa shape index (κ3) is 3.11. The summed E-state index contributed by atoms with van der Waals surface area (Å²) in [5, 5.41) is 4.96. The van der Waals surface area contributed by atoms with Crippen molar-refractivity contribution in [2.75, 3.05) is 0 Å². The van der Waals surface area contributed by atoms with Crippen LogP contribution in [0.2, 0.25) is 5.02 Å². The lowest BCUT2D eigenvalue weighted by atomic mass is 10.0. The highest BCUT2D eigenvalue weighted by molar-refractivity contribution is 6.31. The van der Waals surface area contributed by atoms with Gasteiger partial charge < -0.3 is 5.73 Å². The fourth-order valence-corrected chi connectivity index (χ4v) is 3.35. The van der Waals surface area contributed by atoms with Crippen LogP contribution in [0.5, 0.6) is 0 Å². The molecule has 1 aromatic carbocycles. The molecule has 0 saturated heterocycles. The van der Waals surface area contributed by atoms with Gasteiger partial charge in [-0.3, -0.25) is 4.68 Å². The molecule has 1 fully saturated rings. The standard InChI is InChI=1S/C16H19ClFN3/c17-13-6-3-7-14(18)16(13)15(19)10-11-8-9-21(20-11)12-4-1-2-5-12/h3,6-9,12,15H,1-2,4-5,10,19H2. The van der Waals surface area contributed by atoms with E-state index in [9.17, 15) is 4.39 Å². The van der Waals surface area contributed by atoms with E-state index in [-0.39, 0.29) is 5.82 Å². The molecule has 1 unspecified atom stereocenters. The molecule has 2 N–H and O–H groups in total. The Bertz CT molecular complexity index is 599. The van der Waals surface area contributed by atoms with Gasteiger partial charge in [0.15, 0.2) is 0 Å². The molecule has 5 heteroatoms. The van der Waals surface area contributed by atoms with E-state index in [1.807, 2.05) is 16.9 Å². The quantitative estimate of drug-likeness (QED) is 0.926. The van der Waals surface area contributed by atoms with Crippen LogP contribution in [0.3, 0.4) is 0 Å². The smallest absolute Gasteiger partial charge is 0.129 e. The minimum absolute atomic E-state index is 0.356. The van der Waals surface area contributed by atoms with Crippen molar-refractivity contribution < 1.29 is 4.39 Å². The lowest BCUT2D eigenvalue weighted by Crippen LogP contribution is -2.16. The van der Waals surface area contributed by atoms with Gasteiger partial charge in [-0.15, -0.1) is 0 Å². The van der Waals surface area contributed by atoms with Crippen LogP contribution >= 0.6 is 11.6 Å². The second-order valence-corrected chi connectivity index (χ2v) is 6.08. The Labute approximate surface area is 128 Å². The van der Waals surface area contributed by atoms with E-state index >= 15 is 0 Å². The number of hydrogen-bond donors (Lipinski definition) is 1. The normalized spacial score (nSPS) is 17.3. The van der Waals surface area contributed by atoms with Crippen LogP contribution in [0.4, 0.5) is 4.39 Å². The summed E-state index contributed by atoms with van der Waals surface area (Å²) < 4.78 is 15.9. The number of nitrogens with two attached hydrogens (primary N) is 1. The molecule has 0 aliphatic heterocycles. The van der Waals surface area contributed by atoms with E-state index in [0.29, 0.717) is 23.0 Å². The summed E-state index contributed by atoms with van der Waals surface area (Å²) >= 11 is 6.05. The average Bonchev–Trinajstić information content (AvgIpc) is 3.08. The molecule has 1 heterocycles. The SMILES string of the molecule is NC(Cc1ccn(C2CCCC2)n1)c1c(F)cccc1Cl. The van der Waals surface area contributed by atoms with Gasteiger partial charge in [-0.25, -0.2) is 4.39 Å². The van der Waals surface area contributed by atoms with E-state index in [4.69, 9.17) is 17.3 Å². The van der Waals surface area contributed by atoms with Crippen molar-refractivity contribution in [3.63, 3.8) is 0 Å². The molecule has 1 atom stereocenters. The summed E-state index contributed by atoms with van der Waals surface area (Å²) in [5.74, 6) is -0.356. The summed E-state index contributed by atoms with van der Waals surface area (Å²) in [6, 6.07) is 6.63. The maximum atomic E-state index is 13.9. The zero-order chi connectivity index (χ0) is 14.8. The van der Waals surface area contributed by atoms with Crippen molar-refractivity contribution in [1.29, 1.82) is 0 Å². The molecule has 0 bridgehead atoms. The number of aromatic nitrogens is 2. The van der Waals surface area contributed by atoms with E-state index in [1.165, 1.54) is 31.7 Å². The van der Waals surface area contributed by atoms with Gasteiger partial charge in [0.1, 0.15) is 5.82 Å². The Morgan fingerprint density at radius 1 is 1.33 bits per heavy atom. The molecule has 0 amide bonds. The van der Waals surface area contributed by atoms with Crippen molar-refractivity contribution in [2.24, 2.45) is 5.73 Å². The molecule has 1 saturated carbocycles. The summed E-state index contributed by atoms with van der Waals surface area (Å²) in [7, 11) is 0. The highest BCUT2D eigenvalue weighted by Crippen LogP contribution is 2.30. The number of nitrogens with zero attached hydrogens (tertiary/aromatic N) is 2. The minimum Gasteiger partial charge on any atom is -0.323 e. The molecule has 1 aromatic heterocycles. The lowest BCUT2D eigenvalue weighted by molar-refractivity contribution is 0.460. The molecule has 0 radical (unpaired) electrons. The Kier molecular flexibility index (Phi) is 4.27. The first-order valence-electron chi connectivity index (χ1n) is 7.38. The van der Waals surface area contributed by atoms with E-state index in [2.05, 4.69) is 5.10 Å². The predicted molar refractivity (Wildman–Crippen MR) is 81.8 cm³/mol. The number of rotatable bonds is 4. The third-order valence-corrected chi connectivity index (χ3v) is 4.49. The number of benzene rings is 1. The average molecular weight is 308 g/mol. The molecule has 112 valence electrons. The van der Waals surface area contributed by atoms with Crippen molar-refractivity contribution in [1.82, 2.24) is 9.78 Å². The van der Waals surface area contributed by atoms with Crippen LogP contribution in [0.1, 0.15) is 49.0 Å². The van der Waals surface area contributed by atoms with Crippen molar-refractivity contribution in [3.05, 3.63) is 52.6 Å². The van der Waals surface area contributed by atoms with Crippen LogP contribution < -0.4 is 5.73 Å². The molecular weight excluding hydrogens is 289 g/mol. The largest absolute Gasteiger partial charge is 0.323 e. The summed E-state index contributed by atoms with van der Waals surface area (Å²) in [4.78, 5) is 0. The molecule has 2 aromatic rings. The summed E-state index contributed by atoms with van der Waals surface area (Å²) in [6.45, 7) is 0. The zero-order valence-electron chi connectivity index (χ0n) is 11.8. The molecule has 3 nitrogen and oxygen atoms in total. The van der Waals surface area contributed by atoms with Gasteiger partial charge in [-0.05, 0) is 31.0 Å². The fraction of sp³-hybridized carbons (Fsp3) is 0.438. The summed E-state index contributed by atoms with van der Waals surface area (Å²) in [6.07, 6.45) is 7.40. The highest BCUT2D eigenvalue weighted by Gasteiger charge is 2.20. The first kappa shape index (κ1) is 14.5. The summed E-state index contributed by atoms with van der Waals surface area (Å²) in [5.41, 5.74) is 7.37. The maximum absolute atomic E-state index is 13.9. The molecule has 1 aliphatic rings. The predicted octanol–water partition coefficient (Wildman–Crippen LogP) is 4.03. The lowest BCUT2D eigenvalue weighted by Gasteiger charge is -2.14. The van der Waals surface area contributed by atoms with Gasteiger partial charge >= 0.3 is 0 Å². The Hall–Kier alpha value is -1.39. The van der Waals surface area contributed by atoms with Gasteiger partial charge in [-0.2, -0.15) is 5.10 Å². The minimum atomic E-state index is -0.481. The monoisotopic (exact) mass is 307 g/mol. The van der Waals surface area contributed by atoms with Crippen LogP contribution in [0.15, 0.2) is 30.5 Å². The Morgan fingerprint density at radius 3 is 2.81 bits per heavy atom. The van der Waals surface area contributed by atoms with Gasteiger partial charge in [-0.1, -0.05) is 30.5 Å². The topological polar surface area (TPSA) is 43.8 Å². The van der Waals surface area contributed by atoms with Crippen LogP contribution in [0, 0.1) is 5.82 Å². The van der Waals surface area contributed by atoms with Gasteiger partial charge in [0, 0.05) is 29.2 Å². The third-order valence-electron chi connectivity index (χ3n) is 4.16. The molecule has 0 spiro atoms. The van der Waals surface area contributed by atoms with Crippen LogP contribution in [-0.4, -0.2) is 9.78 Å². The molecular formula is C16H19ClFN3. The maximum Gasteiger partial charge on any atom is 0.129 e. The van der Waals surface area contributed by atoms with Gasteiger partial charge in [0.05, 0.1) is 11.7 Å². The van der Waals surface area contributed by atoms with Crippen molar-refractivity contribution in [3.8, 4) is 0 Å². The van der Waals surface area contributed by atoms with Crippen LogP contribution in [0.25, 0.3) is 0 Å². The van der Waals surface area contributed by atoms with Crippen molar-refractivity contribution in [2.45, 2.75) is 44.2 Å².